The third-order valence-corrected chi connectivity index (χ3v) is 5.23. The molecule has 1 atom stereocenters. The van der Waals surface area contributed by atoms with Crippen LogP contribution in [0.25, 0.3) is 0 Å². The SMILES string of the molecule is N#Cc1ccc(N2CCN(CC(=O)NCC(Cc3ccccc3)C(=O)O)C(=O)C2)cc1. The number of carbonyl (C=O) groups excluding carboxylic acids is 2. The zero-order valence-corrected chi connectivity index (χ0v) is 17.0. The molecule has 2 aromatic rings. The highest BCUT2D eigenvalue weighted by molar-refractivity contribution is 5.88. The Labute approximate surface area is 180 Å². The Balaban J connectivity index is 1.48. The standard InChI is InChI=1S/C23H24N4O4/c24-13-18-6-8-20(9-7-18)26-10-11-27(22(29)16-26)15-21(28)25-14-19(23(30)31)12-17-4-2-1-3-5-17/h1-9,19H,10-12,14-16H2,(H,25,28)(H,30,31). The van der Waals surface area contributed by atoms with Crippen LogP contribution in [-0.4, -0.2) is 60.5 Å². The van der Waals surface area contributed by atoms with Crippen LogP contribution in [-0.2, 0) is 20.8 Å². The summed E-state index contributed by atoms with van der Waals surface area (Å²) in [6, 6.07) is 18.3. The van der Waals surface area contributed by atoms with E-state index in [1.54, 1.807) is 24.3 Å². The van der Waals surface area contributed by atoms with Crippen LogP contribution in [0.2, 0.25) is 0 Å². The van der Waals surface area contributed by atoms with E-state index in [-0.39, 0.29) is 31.4 Å². The molecule has 0 aliphatic carbocycles. The number of carbonyl (C=O) groups is 3. The molecule has 8 heteroatoms. The smallest absolute Gasteiger partial charge is 0.308 e. The first kappa shape index (κ1) is 21.8. The number of anilines is 1. The van der Waals surface area contributed by atoms with Crippen LogP contribution in [0.3, 0.4) is 0 Å². The fourth-order valence-corrected chi connectivity index (χ4v) is 3.45. The quantitative estimate of drug-likeness (QED) is 0.665. The van der Waals surface area contributed by atoms with Crippen molar-refractivity contribution < 1.29 is 19.5 Å². The van der Waals surface area contributed by atoms with E-state index >= 15 is 0 Å². The van der Waals surface area contributed by atoms with Gasteiger partial charge in [-0.25, -0.2) is 0 Å². The maximum atomic E-state index is 12.5. The summed E-state index contributed by atoms with van der Waals surface area (Å²) in [4.78, 5) is 39.7. The monoisotopic (exact) mass is 420 g/mol. The highest BCUT2D eigenvalue weighted by atomic mass is 16.4. The van der Waals surface area contributed by atoms with Gasteiger partial charge in [0.2, 0.25) is 11.8 Å². The lowest BCUT2D eigenvalue weighted by atomic mass is 9.99. The minimum Gasteiger partial charge on any atom is -0.481 e. The number of benzene rings is 2. The Hall–Kier alpha value is -3.86. The van der Waals surface area contributed by atoms with Crippen molar-refractivity contribution in [2.24, 2.45) is 5.92 Å². The number of carboxylic acids is 1. The van der Waals surface area contributed by atoms with E-state index in [0.29, 0.717) is 25.1 Å². The van der Waals surface area contributed by atoms with Gasteiger partial charge in [0.05, 0.1) is 30.6 Å². The molecule has 0 radical (unpaired) electrons. The van der Waals surface area contributed by atoms with E-state index < -0.39 is 11.9 Å². The summed E-state index contributed by atoms with van der Waals surface area (Å²) < 4.78 is 0. The first-order chi connectivity index (χ1) is 15.0. The molecule has 1 unspecified atom stereocenters. The molecule has 0 aromatic heterocycles. The molecular weight excluding hydrogens is 396 g/mol. The summed E-state index contributed by atoms with van der Waals surface area (Å²) in [5.41, 5.74) is 2.29. The second-order valence-electron chi connectivity index (χ2n) is 7.42. The van der Waals surface area contributed by atoms with Gasteiger partial charge in [0.15, 0.2) is 0 Å². The van der Waals surface area contributed by atoms with Crippen LogP contribution < -0.4 is 10.2 Å². The van der Waals surface area contributed by atoms with Gasteiger partial charge in [0.1, 0.15) is 0 Å². The maximum Gasteiger partial charge on any atom is 0.308 e. The third kappa shape index (κ3) is 6.06. The van der Waals surface area contributed by atoms with Gasteiger partial charge < -0.3 is 20.2 Å². The number of nitrogens with one attached hydrogen (secondary N) is 1. The molecule has 2 N–H and O–H groups in total. The summed E-state index contributed by atoms with van der Waals surface area (Å²) >= 11 is 0. The predicted molar refractivity (Wildman–Crippen MR) is 114 cm³/mol. The first-order valence-electron chi connectivity index (χ1n) is 10.0. The van der Waals surface area contributed by atoms with E-state index in [9.17, 15) is 19.5 Å². The summed E-state index contributed by atoms with van der Waals surface area (Å²) in [6.45, 7) is 1.00. The van der Waals surface area contributed by atoms with Gasteiger partial charge >= 0.3 is 5.97 Å². The summed E-state index contributed by atoms with van der Waals surface area (Å²) in [5, 5.41) is 21.0. The van der Waals surface area contributed by atoms with Crippen LogP contribution in [0, 0.1) is 17.2 Å². The molecule has 3 rings (SSSR count). The first-order valence-corrected chi connectivity index (χ1v) is 10.0. The molecule has 0 bridgehead atoms. The highest BCUT2D eigenvalue weighted by Crippen LogP contribution is 2.17. The summed E-state index contributed by atoms with van der Waals surface area (Å²) in [5.74, 6) is -2.27. The Kier molecular flexibility index (Phi) is 7.22. The number of piperazine rings is 1. The lowest BCUT2D eigenvalue weighted by Gasteiger charge is -2.35. The largest absolute Gasteiger partial charge is 0.481 e. The Morgan fingerprint density at radius 2 is 1.81 bits per heavy atom. The lowest BCUT2D eigenvalue weighted by Crippen LogP contribution is -2.53. The van der Waals surface area contributed by atoms with E-state index in [4.69, 9.17) is 5.26 Å². The molecule has 1 aliphatic rings. The van der Waals surface area contributed by atoms with Crippen molar-refractivity contribution in [3.8, 4) is 6.07 Å². The number of amides is 2. The molecule has 31 heavy (non-hydrogen) atoms. The molecular formula is C23H24N4O4. The molecule has 1 saturated heterocycles. The average molecular weight is 420 g/mol. The molecule has 1 fully saturated rings. The lowest BCUT2D eigenvalue weighted by molar-refractivity contribution is -0.142. The Morgan fingerprint density at radius 1 is 1.10 bits per heavy atom. The topological polar surface area (TPSA) is 114 Å². The van der Waals surface area contributed by atoms with Gasteiger partial charge in [0, 0.05) is 25.3 Å². The van der Waals surface area contributed by atoms with Crippen molar-refractivity contribution in [1.82, 2.24) is 10.2 Å². The van der Waals surface area contributed by atoms with E-state index in [0.717, 1.165) is 11.3 Å². The average Bonchev–Trinajstić information content (AvgIpc) is 2.78. The van der Waals surface area contributed by atoms with Gasteiger partial charge in [0.25, 0.3) is 0 Å². The van der Waals surface area contributed by atoms with Crippen molar-refractivity contribution in [3.63, 3.8) is 0 Å². The second-order valence-corrected chi connectivity index (χ2v) is 7.42. The van der Waals surface area contributed by atoms with Crippen molar-refractivity contribution in [2.45, 2.75) is 6.42 Å². The number of hydrogen-bond donors (Lipinski definition) is 2. The molecule has 1 aliphatic heterocycles. The number of nitrogens with zero attached hydrogens (tertiary/aromatic N) is 3. The fourth-order valence-electron chi connectivity index (χ4n) is 3.45. The molecule has 0 spiro atoms. The third-order valence-electron chi connectivity index (χ3n) is 5.23. The van der Waals surface area contributed by atoms with Crippen LogP contribution >= 0.6 is 0 Å². The number of rotatable bonds is 8. The maximum absolute atomic E-state index is 12.5. The van der Waals surface area contributed by atoms with Gasteiger partial charge in [-0.05, 0) is 36.2 Å². The van der Waals surface area contributed by atoms with Gasteiger partial charge in [-0.1, -0.05) is 30.3 Å². The van der Waals surface area contributed by atoms with Crippen molar-refractivity contribution >= 4 is 23.5 Å². The number of aliphatic carboxylic acids is 1. The number of carboxylic acid groups (broad SMARTS) is 1. The molecule has 1 heterocycles. The molecule has 0 saturated carbocycles. The molecule has 2 aromatic carbocycles. The molecule has 8 nitrogen and oxygen atoms in total. The summed E-state index contributed by atoms with van der Waals surface area (Å²) in [6.07, 6.45) is 0.318. The van der Waals surface area contributed by atoms with E-state index in [2.05, 4.69) is 11.4 Å². The van der Waals surface area contributed by atoms with E-state index in [1.165, 1.54) is 4.90 Å². The van der Waals surface area contributed by atoms with Crippen LogP contribution in [0.1, 0.15) is 11.1 Å². The van der Waals surface area contributed by atoms with Crippen molar-refractivity contribution in [2.75, 3.05) is 37.6 Å². The number of nitriles is 1. The zero-order valence-electron chi connectivity index (χ0n) is 17.0. The highest BCUT2D eigenvalue weighted by Gasteiger charge is 2.26. The van der Waals surface area contributed by atoms with E-state index in [1.807, 2.05) is 35.2 Å². The van der Waals surface area contributed by atoms with Gasteiger partial charge in [-0.3, -0.25) is 14.4 Å². The fraction of sp³-hybridized carbons (Fsp3) is 0.304. The van der Waals surface area contributed by atoms with Crippen molar-refractivity contribution in [3.05, 3.63) is 65.7 Å². The van der Waals surface area contributed by atoms with Gasteiger partial charge in [-0.2, -0.15) is 5.26 Å². The molecule has 160 valence electrons. The van der Waals surface area contributed by atoms with Crippen molar-refractivity contribution in [1.29, 1.82) is 5.26 Å². The summed E-state index contributed by atoms with van der Waals surface area (Å²) in [7, 11) is 0. The normalized spacial score (nSPS) is 14.6. The van der Waals surface area contributed by atoms with Crippen LogP contribution in [0.15, 0.2) is 54.6 Å². The minimum atomic E-state index is -0.976. The molecule has 2 amide bonds. The van der Waals surface area contributed by atoms with Crippen LogP contribution in [0.5, 0.6) is 0 Å². The minimum absolute atomic E-state index is 0.00244. The zero-order chi connectivity index (χ0) is 22.2. The second kappa shape index (κ2) is 10.3. The number of hydrogen-bond acceptors (Lipinski definition) is 5. The van der Waals surface area contributed by atoms with Gasteiger partial charge in [-0.15, -0.1) is 0 Å². The Bertz CT molecular complexity index is 969. The predicted octanol–water partition coefficient (Wildman–Crippen LogP) is 1.27. The van der Waals surface area contributed by atoms with Crippen LogP contribution in [0.4, 0.5) is 5.69 Å². The Morgan fingerprint density at radius 3 is 2.42 bits per heavy atom.